The molecule has 0 saturated heterocycles. The highest BCUT2D eigenvalue weighted by Crippen LogP contribution is 2.34. The Morgan fingerprint density at radius 1 is 1.08 bits per heavy atom. The molecule has 2 heterocycles. The minimum atomic E-state index is -0.0349. The molecule has 126 valence electrons. The second-order valence-electron chi connectivity index (χ2n) is 6.28. The summed E-state index contributed by atoms with van der Waals surface area (Å²) < 4.78 is 0. The smallest absolute Gasteiger partial charge is 0.273 e. The first kappa shape index (κ1) is 16.0. The summed E-state index contributed by atoms with van der Waals surface area (Å²) in [6, 6.07) is 19.8. The molecule has 3 aromatic rings. The van der Waals surface area contributed by atoms with Gasteiger partial charge in [0.1, 0.15) is 5.69 Å². The maximum atomic E-state index is 12.8. The third kappa shape index (κ3) is 2.64. The van der Waals surface area contributed by atoms with Gasteiger partial charge < -0.3 is 4.90 Å². The van der Waals surface area contributed by atoms with Crippen LogP contribution in [0.15, 0.2) is 60.8 Å². The lowest BCUT2D eigenvalue weighted by Gasteiger charge is -2.18. The third-order valence-corrected chi connectivity index (χ3v) is 4.77. The Balaban J connectivity index is 1.91. The fourth-order valence-corrected chi connectivity index (χ4v) is 3.39. The van der Waals surface area contributed by atoms with Gasteiger partial charge in [-0.1, -0.05) is 30.3 Å². The number of pyridine rings is 1. The molecule has 2 aromatic carbocycles. The average molecular weight is 339 g/mol. The van der Waals surface area contributed by atoms with Gasteiger partial charge in [-0.3, -0.25) is 9.78 Å². The lowest BCUT2D eigenvalue weighted by molar-refractivity contribution is 0.0750. The van der Waals surface area contributed by atoms with E-state index in [1.807, 2.05) is 42.2 Å². The highest BCUT2D eigenvalue weighted by atomic mass is 16.2. The first-order valence-corrected chi connectivity index (χ1v) is 8.59. The molecule has 0 atom stereocenters. The molecule has 26 heavy (non-hydrogen) atoms. The van der Waals surface area contributed by atoms with Gasteiger partial charge in [-0.2, -0.15) is 5.26 Å². The number of fused-ring (bicyclic) bond motifs is 3. The monoisotopic (exact) mass is 339 g/mol. The van der Waals surface area contributed by atoms with E-state index < -0.39 is 0 Å². The molecule has 4 heteroatoms. The lowest BCUT2D eigenvalue weighted by Crippen LogP contribution is -2.29. The number of nitrogens with zero attached hydrogens (tertiary/aromatic N) is 3. The van der Waals surface area contributed by atoms with Crippen LogP contribution < -0.4 is 0 Å². The summed E-state index contributed by atoms with van der Waals surface area (Å²) >= 11 is 0. The molecule has 0 fully saturated rings. The van der Waals surface area contributed by atoms with E-state index in [1.54, 1.807) is 12.3 Å². The van der Waals surface area contributed by atoms with Crippen molar-refractivity contribution in [1.29, 1.82) is 5.26 Å². The lowest BCUT2D eigenvalue weighted by atomic mass is 9.94. The van der Waals surface area contributed by atoms with Gasteiger partial charge in [-0.05, 0) is 53.4 Å². The number of carbonyl (C=O) groups excluding carboxylic acids is 1. The Morgan fingerprint density at radius 3 is 2.73 bits per heavy atom. The Kier molecular flexibility index (Phi) is 3.98. The highest BCUT2D eigenvalue weighted by Gasteiger charge is 2.26. The van der Waals surface area contributed by atoms with Crippen LogP contribution >= 0.6 is 0 Å². The first-order chi connectivity index (χ1) is 12.7. The second kappa shape index (κ2) is 6.45. The van der Waals surface area contributed by atoms with Crippen LogP contribution in [0.4, 0.5) is 0 Å². The van der Waals surface area contributed by atoms with Gasteiger partial charge in [0.2, 0.25) is 0 Å². The van der Waals surface area contributed by atoms with Crippen LogP contribution in [0.25, 0.3) is 22.3 Å². The molecule has 0 saturated carbocycles. The number of aromatic nitrogens is 1. The number of nitriles is 1. The van der Waals surface area contributed by atoms with Crippen LogP contribution in [0.1, 0.15) is 28.5 Å². The van der Waals surface area contributed by atoms with Gasteiger partial charge >= 0.3 is 0 Å². The van der Waals surface area contributed by atoms with Crippen LogP contribution in [0.3, 0.4) is 0 Å². The molecule has 0 N–H and O–H groups in total. The second-order valence-corrected chi connectivity index (χ2v) is 6.28. The molecule has 1 aliphatic heterocycles. The number of hydrogen-bond acceptors (Lipinski definition) is 3. The van der Waals surface area contributed by atoms with Crippen LogP contribution in [0.2, 0.25) is 0 Å². The van der Waals surface area contributed by atoms with Gasteiger partial charge in [-0.25, -0.2) is 0 Å². The SMILES string of the molecule is CCN1Cc2ccc(-c3cccc(C#N)c3)cc2-c2cccnc2C1=O. The van der Waals surface area contributed by atoms with E-state index in [1.165, 1.54) is 0 Å². The zero-order valence-corrected chi connectivity index (χ0v) is 14.4. The van der Waals surface area contributed by atoms with Crippen molar-refractivity contribution in [3.8, 4) is 28.3 Å². The summed E-state index contributed by atoms with van der Waals surface area (Å²) in [6.07, 6.45) is 1.66. The van der Waals surface area contributed by atoms with Crippen LogP contribution in [0.5, 0.6) is 0 Å². The number of amides is 1. The van der Waals surface area contributed by atoms with Gasteiger partial charge in [0.25, 0.3) is 5.91 Å². The average Bonchev–Trinajstić information content (AvgIpc) is 2.82. The Labute approximate surface area is 152 Å². The topological polar surface area (TPSA) is 57.0 Å². The minimum Gasteiger partial charge on any atom is -0.333 e. The van der Waals surface area contributed by atoms with E-state index in [2.05, 4.69) is 29.3 Å². The normalized spacial score (nSPS) is 12.8. The van der Waals surface area contributed by atoms with Crippen molar-refractivity contribution >= 4 is 5.91 Å². The largest absolute Gasteiger partial charge is 0.333 e. The van der Waals surface area contributed by atoms with Crippen molar-refractivity contribution in [3.05, 3.63) is 77.6 Å². The van der Waals surface area contributed by atoms with E-state index in [4.69, 9.17) is 5.26 Å². The van der Waals surface area contributed by atoms with E-state index in [0.717, 1.165) is 27.8 Å². The molecule has 4 rings (SSSR count). The van der Waals surface area contributed by atoms with E-state index in [-0.39, 0.29) is 5.91 Å². The first-order valence-electron chi connectivity index (χ1n) is 8.59. The summed E-state index contributed by atoms with van der Waals surface area (Å²) in [6.45, 7) is 3.19. The standard InChI is InChI=1S/C22H17N3O/c1-2-25-14-18-9-8-17(16-6-3-5-15(11-16)13-23)12-20(18)19-7-4-10-24-21(19)22(25)26/h3-12H,2,14H2,1H3. The quantitative estimate of drug-likeness (QED) is 0.701. The molecule has 1 aliphatic rings. The summed E-state index contributed by atoms with van der Waals surface area (Å²) in [5.41, 5.74) is 6.13. The van der Waals surface area contributed by atoms with Crippen molar-refractivity contribution in [1.82, 2.24) is 9.88 Å². The molecule has 0 radical (unpaired) electrons. The van der Waals surface area contributed by atoms with Crippen molar-refractivity contribution in [2.45, 2.75) is 13.5 Å². The molecule has 0 spiro atoms. The Hall–Kier alpha value is -3.45. The van der Waals surface area contributed by atoms with Crippen molar-refractivity contribution < 1.29 is 4.79 Å². The summed E-state index contributed by atoms with van der Waals surface area (Å²) in [5, 5.41) is 9.15. The molecular weight excluding hydrogens is 322 g/mol. The van der Waals surface area contributed by atoms with Crippen molar-refractivity contribution in [3.63, 3.8) is 0 Å². The third-order valence-electron chi connectivity index (χ3n) is 4.77. The van der Waals surface area contributed by atoms with Crippen LogP contribution in [0, 0.1) is 11.3 Å². The summed E-state index contributed by atoms with van der Waals surface area (Å²) in [4.78, 5) is 19.0. The number of benzene rings is 2. The molecule has 0 unspecified atom stereocenters. The zero-order chi connectivity index (χ0) is 18.1. The predicted molar refractivity (Wildman–Crippen MR) is 100 cm³/mol. The van der Waals surface area contributed by atoms with Crippen molar-refractivity contribution in [2.24, 2.45) is 0 Å². The Morgan fingerprint density at radius 2 is 1.92 bits per heavy atom. The molecular formula is C22H17N3O. The predicted octanol–water partition coefficient (Wildman–Crippen LogP) is 4.26. The number of hydrogen-bond donors (Lipinski definition) is 0. The van der Waals surface area contributed by atoms with Gasteiger partial charge in [0.15, 0.2) is 0 Å². The molecule has 0 aliphatic carbocycles. The highest BCUT2D eigenvalue weighted by molar-refractivity contribution is 6.01. The fraction of sp³-hybridized carbons (Fsp3) is 0.136. The van der Waals surface area contributed by atoms with Gasteiger partial charge in [-0.15, -0.1) is 0 Å². The maximum Gasteiger partial charge on any atom is 0.273 e. The number of rotatable bonds is 2. The van der Waals surface area contributed by atoms with Gasteiger partial charge in [0, 0.05) is 24.8 Å². The number of carbonyl (C=O) groups is 1. The zero-order valence-electron chi connectivity index (χ0n) is 14.4. The summed E-state index contributed by atoms with van der Waals surface area (Å²) in [7, 11) is 0. The molecule has 1 amide bonds. The van der Waals surface area contributed by atoms with Crippen LogP contribution in [-0.4, -0.2) is 22.3 Å². The summed E-state index contributed by atoms with van der Waals surface area (Å²) in [5.74, 6) is -0.0349. The van der Waals surface area contributed by atoms with Gasteiger partial charge in [0.05, 0.1) is 11.6 Å². The van der Waals surface area contributed by atoms with E-state index in [9.17, 15) is 4.79 Å². The molecule has 4 nitrogen and oxygen atoms in total. The Bertz CT molecular complexity index is 1050. The van der Waals surface area contributed by atoms with E-state index in [0.29, 0.717) is 24.3 Å². The van der Waals surface area contributed by atoms with Crippen molar-refractivity contribution in [2.75, 3.05) is 6.54 Å². The van der Waals surface area contributed by atoms with E-state index >= 15 is 0 Å². The molecule has 0 bridgehead atoms. The minimum absolute atomic E-state index is 0.0349. The molecule has 1 aromatic heterocycles. The van der Waals surface area contributed by atoms with Crippen LogP contribution in [-0.2, 0) is 6.54 Å². The maximum absolute atomic E-state index is 12.8. The fourth-order valence-electron chi connectivity index (χ4n) is 3.39.